The zero-order valence-corrected chi connectivity index (χ0v) is 14.1. The molecule has 3 N–H and O–H groups in total. The third-order valence-electron chi connectivity index (χ3n) is 3.83. The maximum Gasteiger partial charge on any atom is 0.327 e. The van der Waals surface area contributed by atoms with E-state index in [-0.39, 0.29) is 16.6 Å². The molecule has 0 saturated carbocycles. The second-order valence-corrected chi connectivity index (χ2v) is 6.36. The van der Waals surface area contributed by atoms with Crippen molar-refractivity contribution in [3.63, 3.8) is 0 Å². The standard InChI is InChI=1S/C18H12N4O3S/c23-16(12-7-14-15(19-8-12)21-18(25)22-17(14)24)20-13-3-1-2-10(6-13)11-4-5-26-9-11/h1-9H,(H,20,23)(H2,19,21,22,24,25). The summed E-state index contributed by atoms with van der Waals surface area (Å²) in [4.78, 5) is 44.1. The van der Waals surface area contributed by atoms with E-state index in [1.54, 1.807) is 17.4 Å². The lowest BCUT2D eigenvalue weighted by Gasteiger charge is -2.07. The third kappa shape index (κ3) is 3.05. The minimum Gasteiger partial charge on any atom is -0.322 e. The van der Waals surface area contributed by atoms with Gasteiger partial charge in [0, 0.05) is 11.9 Å². The van der Waals surface area contributed by atoms with Crippen LogP contribution in [-0.4, -0.2) is 20.9 Å². The molecule has 0 spiro atoms. The largest absolute Gasteiger partial charge is 0.327 e. The second-order valence-electron chi connectivity index (χ2n) is 5.58. The molecule has 0 aliphatic rings. The number of aromatic nitrogens is 3. The van der Waals surface area contributed by atoms with Gasteiger partial charge in [-0.3, -0.25) is 19.6 Å². The molecule has 3 heterocycles. The van der Waals surface area contributed by atoms with Gasteiger partial charge in [-0.15, -0.1) is 0 Å². The van der Waals surface area contributed by atoms with E-state index >= 15 is 0 Å². The van der Waals surface area contributed by atoms with E-state index in [9.17, 15) is 14.4 Å². The van der Waals surface area contributed by atoms with Crippen molar-refractivity contribution in [2.24, 2.45) is 0 Å². The van der Waals surface area contributed by atoms with Crippen molar-refractivity contribution in [2.45, 2.75) is 0 Å². The van der Waals surface area contributed by atoms with Gasteiger partial charge in [0.15, 0.2) is 0 Å². The first kappa shape index (κ1) is 16.0. The Morgan fingerprint density at radius 2 is 1.96 bits per heavy atom. The molecule has 0 aliphatic carbocycles. The predicted molar refractivity (Wildman–Crippen MR) is 101 cm³/mol. The first-order chi connectivity index (χ1) is 12.6. The van der Waals surface area contributed by atoms with E-state index < -0.39 is 17.2 Å². The Morgan fingerprint density at radius 1 is 1.08 bits per heavy atom. The highest BCUT2D eigenvalue weighted by Gasteiger charge is 2.11. The van der Waals surface area contributed by atoms with Crippen LogP contribution in [0.2, 0.25) is 0 Å². The topological polar surface area (TPSA) is 108 Å². The van der Waals surface area contributed by atoms with Gasteiger partial charge in [0.25, 0.3) is 11.5 Å². The van der Waals surface area contributed by atoms with Gasteiger partial charge in [0.2, 0.25) is 0 Å². The van der Waals surface area contributed by atoms with Crippen LogP contribution in [0.1, 0.15) is 10.4 Å². The maximum atomic E-state index is 12.5. The number of amides is 1. The quantitative estimate of drug-likeness (QED) is 0.519. The zero-order chi connectivity index (χ0) is 18.1. The molecule has 0 aliphatic heterocycles. The smallest absolute Gasteiger partial charge is 0.322 e. The predicted octanol–water partition coefficient (Wildman–Crippen LogP) is 2.59. The number of thiophene rings is 1. The van der Waals surface area contributed by atoms with Gasteiger partial charge in [0.05, 0.1) is 10.9 Å². The van der Waals surface area contributed by atoms with Gasteiger partial charge in [-0.1, -0.05) is 12.1 Å². The maximum absolute atomic E-state index is 12.5. The Bertz CT molecular complexity index is 1230. The van der Waals surface area contributed by atoms with Crippen LogP contribution in [0, 0.1) is 0 Å². The molecule has 0 unspecified atom stereocenters. The summed E-state index contributed by atoms with van der Waals surface area (Å²) >= 11 is 1.60. The van der Waals surface area contributed by atoms with Crippen molar-refractivity contribution >= 4 is 34.0 Å². The average Bonchev–Trinajstić information content (AvgIpc) is 3.16. The highest BCUT2D eigenvalue weighted by Crippen LogP contribution is 2.25. The first-order valence-corrected chi connectivity index (χ1v) is 8.61. The molecule has 1 amide bonds. The second kappa shape index (κ2) is 6.41. The molecule has 26 heavy (non-hydrogen) atoms. The lowest BCUT2D eigenvalue weighted by atomic mass is 10.1. The van der Waals surface area contributed by atoms with Gasteiger partial charge in [-0.25, -0.2) is 9.78 Å². The van der Waals surface area contributed by atoms with Crippen molar-refractivity contribution in [1.82, 2.24) is 15.0 Å². The Kier molecular flexibility index (Phi) is 3.94. The molecule has 4 rings (SSSR count). The fourth-order valence-electron chi connectivity index (χ4n) is 2.58. The monoisotopic (exact) mass is 364 g/mol. The fourth-order valence-corrected chi connectivity index (χ4v) is 3.24. The van der Waals surface area contributed by atoms with Crippen molar-refractivity contribution in [1.29, 1.82) is 0 Å². The molecular weight excluding hydrogens is 352 g/mol. The summed E-state index contributed by atoms with van der Waals surface area (Å²) in [5.74, 6) is -0.396. The highest BCUT2D eigenvalue weighted by atomic mass is 32.1. The van der Waals surface area contributed by atoms with E-state index in [2.05, 4.69) is 20.3 Å². The van der Waals surface area contributed by atoms with Crippen LogP contribution in [0.4, 0.5) is 5.69 Å². The average molecular weight is 364 g/mol. The number of H-pyrrole nitrogens is 2. The molecular formula is C18H12N4O3S. The Labute approximate surface area is 150 Å². The molecule has 0 radical (unpaired) electrons. The molecule has 1 aromatic carbocycles. The van der Waals surface area contributed by atoms with Crippen LogP contribution in [0.25, 0.3) is 22.2 Å². The minimum atomic E-state index is -0.641. The summed E-state index contributed by atoms with van der Waals surface area (Å²) < 4.78 is 0. The van der Waals surface area contributed by atoms with Crippen molar-refractivity contribution in [2.75, 3.05) is 5.32 Å². The van der Waals surface area contributed by atoms with Crippen LogP contribution in [0.3, 0.4) is 0 Å². The molecule has 0 fully saturated rings. The Hall–Kier alpha value is -3.52. The fraction of sp³-hybridized carbons (Fsp3) is 0. The van der Waals surface area contributed by atoms with E-state index in [4.69, 9.17) is 0 Å². The number of carbonyl (C=O) groups is 1. The molecule has 3 aromatic heterocycles. The number of nitrogens with zero attached hydrogens (tertiary/aromatic N) is 1. The highest BCUT2D eigenvalue weighted by molar-refractivity contribution is 7.08. The van der Waals surface area contributed by atoms with Gasteiger partial charge in [-0.05, 0) is 46.2 Å². The molecule has 8 heteroatoms. The summed E-state index contributed by atoms with van der Waals surface area (Å²) in [6.45, 7) is 0. The number of rotatable bonds is 3. The number of hydrogen-bond acceptors (Lipinski definition) is 5. The summed E-state index contributed by atoms with van der Waals surface area (Å²) in [5, 5.41) is 6.96. The zero-order valence-electron chi connectivity index (χ0n) is 13.3. The van der Waals surface area contributed by atoms with Gasteiger partial charge < -0.3 is 5.32 Å². The molecule has 0 saturated heterocycles. The molecule has 0 atom stereocenters. The number of nitrogens with one attached hydrogen (secondary N) is 3. The third-order valence-corrected chi connectivity index (χ3v) is 4.51. The van der Waals surface area contributed by atoms with Crippen molar-refractivity contribution in [3.05, 3.63) is 79.8 Å². The molecule has 4 aromatic rings. The normalized spacial score (nSPS) is 10.8. The number of hydrogen-bond donors (Lipinski definition) is 3. The van der Waals surface area contributed by atoms with E-state index in [0.29, 0.717) is 5.69 Å². The summed E-state index contributed by atoms with van der Waals surface area (Å²) in [6.07, 6.45) is 1.32. The SMILES string of the molecule is O=C(Nc1cccc(-c2ccsc2)c1)c1cnc2[nH]c(=O)[nH]c(=O)c2c1. The number of aromatic amines is 2. The van der Waals surface area contributed by atoms with E-state index in [0.717, 1.165) is 11.1 Å². The van der Waals surface area contributed by atoms with Crippen molar-refractivity contribution < 1.29 is 4.79 Å². The van der Waals surface area contributed by atoms with Gasteiger partial charge in [-0.2, -0.15) is 11.3 Å². The van der Waals surface area contributed by atoms with Gasteiger partial charge >= 0.3 is 5.69 Å². The van der Waals surface area contributed by atoms with Crippen molar-refractivity contribution in [3.8, 4) is 11.1 Å². The lowest BCUT2D eigenvalue weighted by molar-refractivity contribution is 0.102. The van der Waals surface area contributed by atoms with Crippen LogP contribution in [0.15, 0.2) is 62.9 Å². The first-order valence-electron chi connectivity index (χ1n) is 7.66. The van der Waals surface area contributed by atoms with Crippen LogP contribution in [-0.2, 0) is 0 Å². The molecule has 7 nitrogen and oxygen atoms in total. The molecule has 128 valence electrons. The Balaban J connectivity index is 1.65. The van der Waals surface area contributed by atoms with Crippen LogP contribution < -0.4 is 16.6 Å². The van der Waals surface area contributed by atoms with E-state index in [1.807, 2.05) is 35.0 Å². The Morgan fingerprint density at radius 3 is 2.77 bits per heavy atom. The summed E-state index contributed by atoms with van der Waals surface area (Å²) in [6, 6.07) is 10.9. The summed E-state index contributed by atoms with van der Waals surface area (Å²) in [7, 11) is 0. The number of benzene rings is 1. The summed E-state index contributed by atoms with van der Waals surface area (Å²) in [5.41, 5.74) is 1.83. The van der Waals surface area contributed by atoms with Crippen LogP contribution >= 0.6 is 11.3 Å². The number of anilines is 1. The lowest BCUT2D eigenvalue weighted by Crippen LogP contribution is -2.23. The molecule has 0 bridgehead atoms. The van der Waals surface area contributed by atoms with Gasteiger partial charge in [0.1, 0.15) is 5.65 Å². The number of carbonyl (C=O) groups excluding carboxylic acids is 1. The van der Waals surface area contributed by atoms with Crippen LogP contribution in [0.5, 0.6) is 0 Å². The number of fused-ring (bicyclic) bond motifs is 1. The number of pyridine rings is 1. The minimum absolute atomic E-state index is 0.134. The van der Waals surface area contributed by atoms with E-state index in [1.165, 1.54) is 12.3 Å².